The molecule has 0 N–H and O–H groups in total. The summed E-state index contributed by atoms with van der Waals surface area (Å²) in [6.07, 6.45) is 3.55. The highest BCUT2D eigenvalue weighted by molar-refractivity contribution is 6.30. The van der Waals surface area contributed by atoms with Crippen LogP contribution in [-0.4, -0.2) is 0 Å². The average Bonchev–Trinajstić information content (AvgIpc) is 2.58. The molecule has 12 heavy (non-hydrogen) atoms. The summed E-state index contributed by atoms with van der Waals surface area (Å²) in [6, 6.07) is 7.30. The Morgan fingerprint density at radius 3 is 2.58 bits per heavy atom. The van der Waals surface area contributed by atoms with Gasteiger partial charge in [0, 0.05) is 10.6 Å². The Labute approximate surface area is 75.4 Å². The first kappa shape index (κ1) is 7.50. The molecular weight excluding hydrogens is 176 g/mol. The first-order valence-corrected chi connectivity index (χ1v) is 3.88. The van der Waals surface area contributed by atoms with Gasteiger partial charge in [-0.15, -0.1) is 0 Å². The van der Waals surface area contributed by atoms with Crippen molar-refractivity contribution in [2.75, 3.05) is 0 Å². The van der Waals surface area contributed by atoms with Crippen molar-refractivity contribution in [2.45, 2.75) is 6.29 Å². The molecule has 1 heterocycles. The van der Waals surface area contributed by atoms with Crippen LogP contribution in [0, 0.1) is 6.26 Å². The summed E-state index contributed by atoms with van der Waals surface area (Å²) in [6.45, 7) is 0. The van der Waals surface area contributed by atoms with E-state index in [2.05, 4.69) is 6.26 Å². The number of hydrogen-bond acceptors (Lipinski definition) is 2. The fourth-order valence-corrected chi connectivity index (χ4v) is 1.10. The summed E-state index contributed by atoms with van der Waals surface area (Å²) in [5, 5.41) is 0.702. The SMILES string of the molecule is Clc1ccc(C2O[C]=CO2)cc1. The first-order chi connectivity index (χ1) is 5.86. The molecule has 3 heteroatoms. The van der Waals surface area contributed by atoms with Gasteiger partial charge in [0.25, 0.3) is 6.29 Å². The summed E-state index contributed by atoms with van der Waals surface area (Å²) in [4.78, 5) is 0. The third-order valence-corrected chi connectivity index (χ3v) is 1.81. The predicted molar refractivity (Wildman–Crippen MR) is 44.2 cm³/mol. The molecular formula is C9H6ClO2. The van der Waals surface area contributed by atoms with Crippen molar-refractivity contribution in [1.82, 2.24) is 0 Å². The Hall–Kier alpha value is -1.15. The Bertz CT molecular complexity index is 284. The van der Waals surface area contributed by atoms with Crippen molar-refractivity contribution in [2.24, 2.45) is 0 Å². The highest BCUT2D eigenvalue weighted by Gasteiger charge is 2.14. The topological polar surface area (TPSA) is 18.5 Å². The lowest BCUT2D eigenvalue weighted by molar-refractivity contribution is -0.0302. The normalized spacial score (nSPS) is 15.8. The molecule has 1 radical (unpaired) electrons. The van der Waals surface area contributed by atoms with Crippen LogP contribution in [0.25, 0.3) is 0 Å². The third kappa shape index (κ3) is 1.38. The van der Waals surface area contributed by atoms with Crippen LogP contribution in [0.5, 0.6) is 0 Å². The largest absolute Gasteiger partial charge is 0.454 e. The molecule has 0 spiro atoms. The summed E-state index contributed by atoms with van der Waals surface area (Å²) in [5.41, 5.74) is 0.931. The molecule has 0 amide bonds. The smallest absolute Gasteiger partial charge is 0.267 e. The Balaban J connectivity index is 2.18. The maximum atomic E-state index is 5.71. The van der Waals surface area contributed by atoms with E-state index in [1.54, 1.807) is 12.1 Å². The molecule has 1 unspecified atom stereocenters. The zero-order valence-corrected chi connectivity index (χ0v) is 6.91. The number of hydrogen-bond donors (Lipinski definition) is 0. The highest BCUT2D eigenvalue weighted by Crippen LogP contribution is 2.24. The van der Waals surface area contributed by atoms with E-state index in [-0.39, 0.29) is 6.29 Å². The van der Waals surface area contributed by atoms with Gasteiger partial charge in [-0.05, 0) is 12.1 Å². The number of ether oxygens (including phenoxy) is 2. The molecule has 1 aliphatic heterocycles. The van der Waals surface area contributed by atoms with E-state index in [4.69, 9.17) is 21.1 Å². The van der Waals surface area contributed by atoms with Crippen LogP contribution in [0.4, 0.5) is 0 Å². The van der Waals surface area contributed by atoms with E-state index < -0.39 is 0 Å². The van der Waals surface area contributed by atoms with Crippen LogP contribution in [0.15, 0.2) is 30.5 Å². The standard InChI is InChI=1S/C9H6ClO2/c10-8-3-1-7(2-4-8)9-11-5-6-12-9/h1-5,9H. The Morgan fingerprint density at radius 2 is 2.00 bits per heavy atom. The lowest BCUT2D eigenvalue weighted by Gasteiger charge is -2.09. The summed E-state index contributed by atoms with van der Waals surface area (Å²) >= 11 is 5.71. The van der Waals surface area contributed by atoms with E-state index in [1.165, 1.54) is 6.26 Å². The molecule has 1 aromatic carbocycles. The predicted octanol–water partition coefficient (Wildman–Crippen LogP) is 2.66. The summed E-state index contributed by atoms with van der Waals surface area (Å²) < 4.78 is 10.1. The van der Waals surface area contributed by atoms with Crippen molar-refractivity contribution in [3.8, 4) is 0 Å². The van der Waals surface area contributed by atoms with E-state index >= 15 is 0 Å². The molecule has 1 aliphatic rings. The van der Waals surface area contributed by atoms with Crippen molar-refractivity contribution in [3.63, 3.8) is 0 Å². The van der Waals surface area contributed by atoms with Gasteiger partial charge in [-0.3, -0.25) is 0 Å². The average molecular weight is 182 g/mol. The Morgan fingerprint density at radius 1 is 1.25 bits per heavy atom. The van der Waals surface area contributed by atoms with Crippen molar-refractivity contribution >= 4 is 11.6 Å². The molecule has 0 bridgehead atoms. The molecule has 0 aromatic heterocycles. The molecule has 0 saturated heterocycles. The second-order valence-electron chi connectivity index (χ2n) is 2.37. The van der Waals surface area contributed by atoms with E-state index in [1.807, 2.05) is 12.1 Å². The second kappa shape index (κ2) is 3.07. The van der Waals surface area contributed by atoms with Gasteiger partial charge < -0.3 is 9.47 Å². The van der Waals surface area contributed by atoms with Gasteiger partial charge in [0.05, 0.1) is 0 Å². The molecule has 61 valence electrons. The van der Waals surface area contributed by atoms with E-state index in [9.17, 15) is 0 Å². The lowest BCUT2D eigenvalue weighted by Crippen LogP contribution is -1.96. The fourth-order valence-electron chi connectivity index (χ4n) is 0.973. The van der Waals surface area contributed by atoms with Crippen LogP contribution >= 0.6 is 11.6 Å². The molecule has 2 rings (SSSR count). The molecule has 0 saturated carbocycles. The van der Waals surface area contributed by atoms with Crippen molar-refractivity contribution < 1.29 is 9.47 Å². The summed E-state index contributed by atoms with van der Waals surface area (Å²) in [7, 11) is 0. The molecule has 0 aliphatic carbocycles. The number of benzene rings is 1. The first-order valence-electron chi connectivity index (χ1n) is 3.50. The van der Waals surface area contributed by atoms with E-state index in [0.717, 1.165) is 5.56 Å². The lowest BCUT2D eigenvalue weighted by atomic mass is 10.2. The number of halogens is 1. The van der Waals surface area contributed by atoms with E-state index in [0.29, 0.717) is 5.02 Å². The minimum atomic E-state index is -0.359. The maximum absolute atomic E-state index is 5.71. The van der Waals surface area contributed by atoms with Crippen LogP contribution in [0.1, 0.15) is 11.9 Å². The van der Waals surface area contributed by atoms with Crippen LogP contribution in [0.3, 0.4) is 0 Å². The summed E-state index contributed by atoms with van der Waals surface area (Å²) in [5.74, 6) is 0. The van der Waals surface area contributed by atoms with Gasteiger partial charge in [0.1, 0.15) is 6.26 Å². The fraction of sp³-hybridized carbons (Fsp3) is 0.111. The van der Waals surface area contributed by atoms with Crippen molar-refractivity contribution in [1.29, 1.82) is 0 Å². The monoisotopic (exact) mass is 181 g/mol. The second-order valence-corrected chi connectivity index (χ2v) is 2.81. The van der Waals surface area contributed by atoms with Gasteiger partial charge >= 0.3 is 0 Å². The minimum Gasteiger partial charge on any atom is -0.454 e. The van der Waals surface area contributed by atoms with Gasteiger partial charge in [-0.2, -0.15) is 0 Å². The van der Waals surface area contributed by atoms with Gasteiger partial charge in [0.15, 0.2) is 0 Å². The quantitative estimate of drug-likeness (QED) is 0.663. The molecule has 2 nitrogen and oxygen atoms in total. The number of rotatable bonds is 1. The molecule has 0 fully saturated rings. The zero-order chi connectivity index (χ0) is 8.39. The Kier molecular flexibility index (Phi) is 1.92. The van der Waals surface area contributed by atoms with Gasteiger partial charge in [-0.25, -0.2) is 0 Å². The zero-order valence-electron chi connectivity index (χ0n) is 6.16. The van der Waals surface area contributed by atoms with Gasteiger partial charge in [-0.1, -0.05) is 23.7 Å². The molecule has 1 aromatic rings. The molecule has 1 atom stereocenters. The maximum Gasteiger partial charge on any atom is 0.267 e. The van der Waals surface area contributed by atoms with Crippen LogP contribution in [0.2, 0.25) is 5.02 Å². The van der Waals surface area contributed by atoms with Gasteiger partial charge in [0.2, 0.25) is 6.26 Å². The minimum absolute atomic E-state index is 0.359. The third-order valence-electron chi connectivity index (χ3n) is 1.56. The van der Waals surface area contributed by atoms with Crippen molar-refractivity contribution in [3.05, 3.63) is 47.4 Å². The highest BCUT2D eigenvalue weighted by atomic mass is 35.5. The van der Waals surface area contributed by atoms with Crippen LogP contribution < -0.4 is 0 Å². The van der Waals surface area contributed by atoms with Crippen LogP contribution in [-0.2, 0) is 9.47 Å².